The van der Waals surface area contributed by atoms with Gasteiger partial charge in [0.15, 0.2) is 11.6 Å². The Bertz CT molecular complexity index is 668. The van der Waals surface area contributed by atoms with E-state index in [9.17, 15) is 8.42 Å². The normalized spacial score (nSPS) is 21.0. The van der Waals surface area contributed by atoms with Gasteiger partial charge in [-0.25, -0.2) is 4.98 Å². The number of morpholine rings is 1. The van der Waals surface area contributed by atoms with Crippen LogP contribution in [0, 0.1) is 6.92 Å². The molecule has 134 valence electrons. The van der Waals surface area contributed by atoms with Crippen LogP contribution >= 0.6 is 0 Å². The molecular formula is C15H24N4O4S. The highest BCUT2D eigenvalue weighted by molar-refractivity contribution is 7.86. The van der Waals surface area contributed by atoms with E-state index in [0.717, 1.165) is 11.5 Å². The summed E-state index contributed by atoms with van der Waals surface area (Å²) in [7, 11) is -1.79. The number of pyridine rings is 1. The van der Waals surface area contributed by atoms with Crippen LogP contribution in [-0.2, 0) is 14.9 Å². The largest absolute Gasteiger partial charge is 0.493 e. The van der Waals surface area contributed by atoms with Crippen molar-refractivity contribution in [3.05, 3.63) is 17.8 Å². The number of aromatic nitrogens is 1. The molecule has 2 fully saturated rings. The molecule has 24 heavy (non-hydrogen) atoms. The molecule has 0 unspecified atom stereocenters. The fourth-order valence-electron chi connectivity index (χ4n) is 2.99. The highest BCUT2D eigenvalue weighted by atomic mass is 32.2. The molecule has 2 aliphatic rings. The van der Waals surface area contributed by atoms with E-state index >= 15 is 0 Å². The van der Waals surface area contributed by atoms with Crippen LogP contribution in [0.25, 0.3) is 0 Å². The number of anilines is 1. The molecule has 0 aromatic carbocycles. The van der Waals surface area contributed by atoms with E-state index < -0.39 is 10.2 Å². The highest BCUT2D eigenvalue weighted by Gasteiger charge is 2.33. The molecule has 0 radical (unpaired) electrons. The number of hydrogen-bond donors (Lipinski definition) is 0. The van der Waals surface area contributed by atoms with E-state index in [1.165, 1.54) is 4.31 Å². The molecule has 3 rings (SSSR count). The van der Waals surface area contributed by atoms with Crippen molar-refractivity contribution in [2.75, 3.05) is 64.5 Å². The molecule has 2 aliphatic heterocycles. The van der Waals surface area contributed by atoms with Crippen LogP contribution in [0.4, 0.5) is 5.82 Å². The Hall–Kier alpha value is -1.42. The van der Waals surface area contributed by atoms with E-state index in [1.807, 2.05) is 19.1 Å². The summed E-state index contributed by atoms with van der Waals surface area (Å²) >= 11 is 0. The Morgan fingerprint density at radius 1 is 1.04 bits per heavy atom. The van der Waals surface area contributed by atoms with E-state index in [-0.39, 0.29) is 0 Å². The first kappa shape index (κ1) is 17.4. The summed E-state index contributed by atoms with van der Waals surface area (Å²) in [6.45, 7) is 5.78. The van der Waals surface area contributed by atoms with Gasteiger partial charge in [-0.15, -0.1) is 0 Å². The number of ether oxygens (including phenoxy) is 2. The van der Waals surface area contributed by atoms with Crippen LogP contribution in [-0.4, -0.2) is 81.6 Å². The average molecular weight is 356 g/mol. The highest BCUT2D eigenvalue weighted by Crippen LogP contribution is 2.27. The van der Waals surface area contributed by atoms with Gasteiger partial charge >= 0.3 is 0 Å². The molecule has 1 aromatic rings. The Morgan fingerprint density at radius 3 is 2.29 bits per heavy atom. The Kier molecular flexibility index (Phi) is 5.24. The van der Waals surface area contributed by atoms with Crippen LogP contribution in [0.15, 0.2) is 12.1 Å². The van der Waals surface area contributed by atoms with Crippen molar-refractivity contribution in [2.24, 2.45) is 0 Å². The topological polar surface area (TPSA) is 75.2 Å². The maximum atomic E-state index is 12.7. The van der Waals surface area contributed by atoms with Gasteiger partial charge in [-0.2, -0.15) is 17.0 Å². The predicted molar refractivity (Wildman–Crippen MR) is 90.6 cm³/mol. The maximum Gasteiger partial charge on any atom is 0.282 e. The van der Waals surface area contributed by atoms with Gasteiger partial charge in [0.05, 0.1) is 20.3 Å². The Balaban J connectivity index is 1.68. The molecule has 0 aliphatic carbocycles. The second-order valence-corrected chi connectivity index (χ2v) is 7.81. The van der Waals surface area contributed by atoms with Crippen molar-refractivity contribution in [2.45, 2.75) is 6.92 Å². The minimum absolute atomic E-state index is 0.426. The molecule has 0 amide bonds. The smallest absolute Gasteiger partial charge is 0.282 e. The van der Waals surface area contributed by atoms with Crippen molar-refractivity contribution >= 4 is 16.0 Å². The average Bonchev–Trinajstić information content (AvgIpc) is 2.62. The Morgan fingerprint density at radius 2 is 1.67 bits per heavy atom. The number of hydrogen-bond acceptors (Lipinski definition) is 6. The molecule has 0 bridgehead atoms. The quantitative estimate of drug-likeness (QED) is 0.762. The van der Waals surface area contributed by atoms with Crippen molar-refractivity contribution in [3.8, 4) is 5.75 Å². The number of rotatable bonds is 4. The molecule has 3 heterocycles. The van der Waals surface area contributed by atoms with Crippen molar-refractivity contribution < 1.29 is 17.9 Å². The molecular weight excluding hydrogens is 332 g/mol. The lowest BCUT2D eigenvalue weighted by Crippen LogP contribution is -2.55. The number of piperazine rings is 1. The summed E-state index contributed by atoms with van der Waals surface area (Å²) in [6, 6.07) is 3.80. The molecule has 0 N–H and O–H groups in total. The zero-order chi connectivity index (χ0) is 17.2. The SMILES string of the molecule is COc1ccc(C)nc1N1CCN(S(=O)(=O)N2CCOCC2)CC1. The van der Waals surface area contributed by atoms with E-state index in [2.05, 4.69) is 9.88 Å². The summed E-state index contributed by atoms with van der Waals surface area (Å²) in [5.74, 6) is 1.49. The van der Waals surface area contributed by atoms with Crippen molar-refractivity contribution in [3.63, 3.8) is 0 Å². The maximum absolute atomic E-state index is 12.7. The van der Waals surface area contributed by atoms with Gasteiger partial charge in [-0.3, -0.25) is 0 Å². The van der Waals surface area contributed by atoms with Crippen LogP contribution < -0.4 is 9.64 Å². The van der Waals surface area contributed by atoms with Gasteiger partial charge in [0.2, 0.25) is 0 Å². The molecule has 1 aromatic heterocycles. The molecule has 0 atom stereocenters. The minimum Gasteiger partial charge on any atom is -0.493 e. The number of aryl methyl sites for hydroxylation is 1. The lowest BCUT2D eigenvalue weighted by molar-refractivity contribution is 0.0700. The summed E-state index contributed by atoms with van der Waals surface area (Å²) in [5.41, 5.74) is 0.911. The molecule has 0 saturated carbocycles. The van der Waals surface area contributed by atoms with E-state index in [4.69, 9.17) is 9.47 Å². The van der Waals surface area contributed by atoms with E-state index in [1.54, 1.807) is 11.4 Å². The first-order valence-corrected chi connectivity index (χ1v) is 9.51. The molecule has 0 spiro atoms. The third kappa shape index (κ3) is 3.49. The third-order valence-electron chi connectivity index (χ3n) is 4.36. The fourth-order valence-corrected chi connectivity index (χ4v) is 4.55. The van der Waals surface area contributed by atoms with Gasteiger partial charge in [0, 0.05) is 45.0 Å². The molecule has 9 heteroatoms. The first-order valence-electron chi connectivity index (χ1n) is 8.12. The van der Waals surface area contributed by atoms with Crippen molar-refractivity contribution in [1.82, 2.24) is 13.6 Å². The number of methoxy groups -OCH3 is 1. The van der Waals surface area contributed by atoms with Gasteiger partial charge < -0.3 is 14.4 Å². The monoisotopic (exact) mass is 356 g/mol. The second-order valence-electron chi connectivity index (χ2n) is 5.88. The van der Waals surface area contributed by atoms with Gasteiger partial charge in [-0.05, 0) is 19.1 Å². The molecule has 2 saturated heterocycles. The van der Waals surface area contributed by atoms with E-state index in [0.29, 0.717) is 58.2 Å². The first-order chi connectivity index (χ1) is 11.5. The van der Waals surface area contributed by atoms with Crippen molar-refractivity contribution in [1.29, 1.82) is 0 Å². The van der Waals surface area contributed by atoms with Crippen LogP contribution in [0.3, 0.4) is 0 Å². The minimum atomic E-state index is -3.41. The summed E-state index contributed by atoms with van der Waals surface area (Å²) < 4.78 is 39.1. The lowest BCUT2D eigenvalue weighted by atomic mass is 10.3. The van der Waals surface area contributed by atoms with Gasteiger partial charge in [-0.1, -0.05) is 0 Å². The fraction of sp³-hybridized carbons (Fsp3) is 0.667. The summed E-state index contributed by atoms with van der Waals surface area (Å²) in [4.78, 5) is 6.63. The Labute approximate surface area is 143 Å². The van der Waals surface area contributed by atoms with Crippen LogP contribution in [0.2, 0.25) is 0 Å². The zero-order valence-corrected chi connectivity index (χ0v) is 15.0. The third-order valence-corrected chi connectivity index (χ3v) is 6.39. The van der Waals surface area contributed by atoms with Gasteiger partial charge in [0.25, 0.3) is 10.2 Å². The zero-order valence-electron chi connectivity index (χ0n) is 14.1. The summed E-state index contributed by atoms with van der Waals surface area (Å²) in [6.07, 6.45) is 0. The lowest BCUT2D eigenvalue weighted by Gasteiger charge is -2.38. The van der Waals surface area contributed by atoms with Gasteiger partial charge in [0.1, 0.15) is 0 Å². The van der Waals surface area contributed by atoms with Crippen LogP contribution in [0.5, 0.6) is 5.75 Å². The summed E-state index contributed by atoms with van der Waals surface area (Å²) in [5, 5.41) is 0. The second kappa shape index (κ2) is 7.22. The standard InChI is InChI=1S/C15H24N4O4S/c1-13-3-4-14(22-2)15(16-13)17-5-7-18(8-6-17)24(20,21)19-9-11-23-12-10-19/h3-4H,5-12H2,1-2H3. The van der Waals surface area contributed by atoms with Crippen LogP contribution in [0.1, 0.15) is 5.69 Å². The number of nitrogens with zero attached hydrogens (tertiary/aromatic N) is 4. The molecule has 8 nitrogen and oxygen atoms in total. The predicted octanol–water partition coefficient (Wildman–Crippen LogP) is 0.0976.